The summed E-state index contributed by atoms with van der Waals surface area (Å²) >= 11 is 0. The molecule has 0 spiro atoms. The first-order valence-electron chi connectivity index (χ1n) is 6.07. The minimum absolute atomic E-state index is 0.249. The Balaban J connectivity index is 2.03. The molecule has 0 unspecified atom stereocenters. The largest absolute Gasteiger partial charge is 0.480 e. The van der Waals surface area contributed by atoms with Gasteiger partial charge >= 0.3 is 5.97 Å². The van der Waals surface area contributed by atoms with E-state index in [4.69, 9.17) is 5.11 Å². The number of nitrogens with one attached hydrogen (secondary N) is 2. The van der Waals surface area contributed by atoms with Crippen molar-refractivity contribution in [1.82, 2.24) is 20.0 Å². The van der Waals surface area contributed by atoms with Crippen LogP contribution in [0.1, 0.15) is 35.9 Å². The Labute approximate surface area is 114 Å². The third-order valence-electron chi connectivity index (χ3n) is 2.63. The number of carbonyl (C=O) groups is 2. The zero-order chi connectivity index (χ0) is 14.7. The second-order valence-electron chi connectivity index (χ2n) is 4.61. The lowest BCUT2D eigenvalue weighted by atomic mass is 10.1. The fourth-order valence-corrected chi connectivity index (χ4v) is 1.58. The van der Waals surface area contributed by atoms with E-state index in [2.05, 4.69) is 20.6 Å². The van der Waals surface area contributed by atoms with Crippen LogP contribution >= 0.6 is 0 Å². The molecule has 8 heteroatoms. The molecule has 20 heavy (non-hydrogen) atoms. The van der Waals surface area contributed by atoms with E-state index in [0.29, 0.717) is 0 Å². The summed E-state index contributed by atoms with van der Waals surface area (Å²) in [5.41, 5.74) is 1.13. The summed E-state index contributed by atoms with van der Waals surface area (Å²) in [6, 6.07) is 3.20. The number of carbonyl (C=O) groups excluding carboxylic acids is 1. The Bertz CT molecular complexity index is 629. The maximum Gasteiger partial charge on any atom is 0.325 e. The normalized spacial score (nSPS) is 10.8. The van der Waals surface area contributed by atoms with Crippen molar-refractivity contribution in [2.24, 2.45) is 0 Å². The third kappa shape index (κ3) is 3.22. The molecule has 0 aliphatic carbocycles. The highest BCUT2D eigenvalue weighted by atomic mass is 16.4. The van der Waals surface area contributed by atoms with Crippen molar-refractivity contribution >= 4 is 17.7 Å². The number of hydrogen-bond donors (Lipinski definition) is 3. The van der Waals surface area contributed by atoms with Crippen molar-refractivity contribution in [2.45, 2.75) is 26.3 Å². The number of aliphatic carboxylic acids is 1. The van der Waals surface area contributed by atoms with Crippen LogP contribution in [-0.2, 0) is 11.3 Å². The number of aromatic amines is 1. The number of nitrogens with zero attached hydrogens (tertiary/aromatic N) is 3. The van der Waals surface area contributed by atoms with Gasteiger partial charge in [-0.1, -0.05) is 13.8 Å². The lowest BCUT2D eigenvalue weighted by molar-refractivity contribution is -0.137. The Kier molecular flexibility index (Phi) is 3.83. The van der Waals surface area contributed by atoms with Gasteiger partial charge in [-0.15, -0.1) is 0 Å². The van der Waals surface area contributed by atoms with Crippen molar-refractivity contribution in [3.05, 3.63) is 29.7 Å². The van der Waals surface area contributed by atoms with Crippen LogP contribution in [0, 0.1) is 0 Å². The Morgan fingerprint density at radius 1 is 1.50 bits per heavy atom. The van der Waals surface area contributed by atoms with Crippen LogP contribution in [0.5, 0.6) is 0 Å². The van der Waals surface area contributed by atoms with Crippen LogP contribution in [0.3, 0.4) is 0 Å². The fourth-order valence-electron chi connectivity index (χ4n) is 1.58. The molecule has 2 aromatic heterocycles. The molecule has 2 aromatic rings. The van der Waals surface area contributed by atoms with E-state index in [0.717, 1.165) is 5.69 Å². The van der Waals surface area contributed by atoms with Crippen molar-refractivity contribution in [1.29, 1.82) is 0 Å². The lowest BCUT2D eigenvalue weighted by Crippen LogP contribution is -2.14. The molecule has 1 amide bonds. The first-order valence-corrected chi connectivity index (χ1v) is 6.07. The van der Waals surface area contributed by atoms with Gasteiger partial charge in [-0.2, -0.15) is 10.2 Å². The molecule has 0 fully saturated rings. The predicted molar refractivity (Wildman–Crippen MR) is 70.5 cm³/mol. The summed E-state index contributed by atoms with van der Waals surface area (Å²) in [5.74, 6) is -0.863. The quantitative estimate of drug-likeness (QED) is 0.756. The monoisotopic (exact) mass is 277 g/mol. The van der Waals surface area contributed by atoms with Crippen LogP contribution in [0.15, 0.2) is 18.3 Å². The highest BCUT2D eigenvalue weighted by molar-refractivity contribution is 6.02. The predicted octanol–water partition coefficient (Wildman–Crippen LogP) is 1.07. The minimum Gasteiger partial charge on any atom is -0.480 e. The van der Waals surface area contributed by atoms with Crippen molar-refractivity contribution < 1.29 is 14.7 Å². The van der Waals surface area contributed by atoms with Crippen LogP contribution in [-0.4, -0.2) is 37.0 Å². The third-order valence-corrected chi connectivity index (χ3v) is 2.63. The molecule has 3 N–H and O–H groups in total. The van der Waals surface area contributed by atoms with Gasteiger partial charge in [-0.05, 0) is 12.0 Å². The topological polar surface area (TPSA) is 113 Å². The number of anilines is 1. The number of carboxylic acid groups (broad SMARTS) is 1. The van der Waals surface area contributed by atoms with Crippen LogP contribution < -0.4 is 5.32 Å². The molecular formula is C12H15N5O3. The number of H-pyrrole nitrogens is 1. The summed E-state index contributed by atoms with van der Waals surface area (Å²) in [6.45, 7) is 3.72. The molecule has 2 heterocycles. The van der Waals surface area contributed by atoms with Gasteiger partial charge in [-0.3, -0.25) is 19.4 Å². The zero-order valence-corrected chi connectivity index (χ0v) is 11.1. The second-order valence-corrected chi connectivity index (χ2v) is 4.61. The molecule has 0 saturated heterocycles. The van der Waals surface area contributed by atoms with E-state index >= 15 is 0 Å². The molecule has 0 saturated carbocycles. The van der Waals surface area contributed by atoms with Crippen LogP contribution in [0.2, 0.25) is 0 Å². The zero-order valence-electron chi connectivity index (χ0n) is 11.1. The van der Waals surface area contributed by atoms with E-state index in [1.165, 1.54) is 16.9 Å². The molecule has 0 bridgehead atoms. The van der Waals surface area contributed by atoms with Crippen molar-refractivity contribution in [3.63, 3.8) is 0 Å². The van der Waals surface area contributed by atoms with Gasteiger partial charge in [0, 0.05) is 18.0 Å². The van der Waals surface area contributed by atoms with Gasteiger partial charge in [0.25, 0.3) is 5.91 Å². The molecule has 2 rings (SSSR count). The first-order chi connectivity index (χ1) is 9.45. The van der Waals surface area contributed by atoms with Gasteiger partial charge in [0.1, 0.15) is 6.54 Å². The van der Waals surface area contributed by atoms with Gasteiger partial charge in [0.15, 0.2) is 11.5 Å². The summed E-state index contributed by atoms with van der Waals surface area (Å²) in [5, 5.41) is 21.8. The Morgan fingerprint density at radius 2 is 2.25 bits per heavy atom. The SMILES string of the molecule is CC(C)c1cc(C(=O)Nc2ccn(CC(=O)O)n2)n[nH]1. The van der Waals surface area contributed by atoms with Crippen LogP contribution in [0.4, 0.5) is 5.82 Å². The molecule has 0 atom stereocenters. The maximum atomic E-state index is 11.9. The smallest absolute Gasteiger partial charge is 0.325 e. The van der Waals surface area contributed by atoms with Gasteiger partial charge in [-0.25, -0.2) is 0 Å². The van der Waals surface area contributed by atoms with E-state index in [9.17, 15) is 9.59 Å². The second kappa shape index (κ2) is 5.55. The maximum absolute atomic E-state index is 11.9. The summed E-state index contributed by atoms with van der Waals surface area (Å²) in [6.07, 6.45) is 1.48. The van der Waals surface area contributed by atoms with E-state index in [-0.39, 0.29) is 24.0 Å². The van der Waals surface area contributed by atoms with Gasteiger partial charge in [0.05, 0.1) is 0 Å². The molecule has 8 nitrogen and oxygen atoms in total. The number of amides is 1. The van der Waals surface area contributed by atoms with E-state index in [1.54, 1.807) is 6.07 Å². The molecule has 0 aliphatic heterocycles. The fraction of sp³-hybridized carbons (Fsp3) is 0.333. The van der Waals surface area contributed by atoms with E-state index < -0.39 is 11.9 Å². The number of rotatable bonds is 5. The number of carboxylic acids is 1. The average molecular weight is 277 g/mol. The Hall–Kier alpha value is -2.64. The average Bonchev–Trinajstić information content (AvgIpc) is 2.97. The van der Waals surface area contributed by atoms with E-state index in [1.807, 2.05) is 13.8 Å². The number of aromatic nitrogens is 4. The molecule has 0 radical (unpaired) electrons. The number of hydrogen-bond acceptors (Lipinski definition) is 4. The Morgan fingerprint density at radius 3 is 2.85 bits per heavy atom. The van der Waals surface area contributed by atoms with Gasteiger partial charge in [0.2, 0.25) is 0 Å². The molecule has 0 aromatic carbocycles. The molecule has 106 valence electrons. The summed E-state index contributed by atoms with van der Waals surface area (Å²) in [4.78, 5) is 22.4. The minimum atomic E-state index is -1.00. The summed E-state index contributed by atoms with van der Waals surface area (Å²) in [7, 11) is 0. The van der Waals surface area contributed by atoms with Crippen molar-refractivity contribution in [3.8, 4) is 0 Å². The first kappa shape index (κ1) is 13.8. The van der Waals surface area contributed by atoms with Crippen molar-refractivity contribution in [2.75, 3.05) is 5.32 Å². The lowest BCUT2D eigenvalue weighted by Gasteiger charge is -1.99. The standard InChI is InChI=1S/C12H15N5O3/c1-7(2)8-5-9(15-14-8)12(20)13-10-3-4-17(16-10)6-11(18)19/h3-5,7H,6H2,1-2H3,(H,14,15)(H,18,19)(H,13,16,20). The summed E-state index contributed by atoms with van der Waals surface area (Å²) < 4.78 is 1.22. The molecule has 0 aliphatic rings. The highest BCUT2D eigenvalue weighted by Gasteiger charge is 2.13. The molecular weight excluding hydrogens is 262 g/mol. The highest BCUT2D eigenvalue weighted by Crippen LogP contribution is 2.13. The van der Waals surface area contributed by atoms with Gasteiger partial charge < -0.3 is 10.4 Å². The van der Waals surface area contributed by atoms with Crippen LogP contribution in [0.25, 0.3) is 0 Å².